The molecule has 0 aromatic heterocycles. The second kappa shape index (κ2) is 6.47. The molecule has 6 nitrogen and oxygen atoms in total. The molecule has 19 heavy (non-hydrogen) atoms. The molecule has 1 aromatic rings. The van der Waals surface area contributed by atoms with E-state index in [0.29, 0.717) is 23.1 Å². The van der Waals surface area contributed by atoms with Crippen LogP contribution in [0.2, 0.25) is 0 Å². The number of rotatable bonds is 5. The predicted octanol–water partition coefficient (Wildman–Crippen LogP) is 1.02. The summed E-state index contributed by atoms with van der Waals surface area (Å²) in [5.41, 5.74) is 5.93. The summed E-state index contributed by atoms with van der Waals surface area (Å²) in [5, 5.41) is 7.69. The largest absolute Gasteiger partial charge is 0.330 e. The van der Waals surface area contributed by atoms with Gasteiger partial charge in [0.2, 0.25) is 15.9 Å². The number of amides is 1. The van der Waals surface area contributed by atoms with E-state index in [-0.39, 0.29) is 16.7 Å². The molecule has 0 aliphatic carbocycles. The number of primary sulfonamides is 1. The third kappa shape index (κ3) is 4.90. The van der Waals surface area contributed by atoms with Crippen LogP contribution >= 0.6 is 15.9 Å². The molecule has 1 aromatic carbocycles. The summed E-state index contributed by atoms with van der Waals surface area (Å²) < 4.78 is 22.8. The van der Waals surface area contributed by atoms with Gasteiger partial charge in [-0.1, -0.05) is 6.92 Å². The molecule has 106 valence electrons. The average Bonchev–Trinajstić information content (AvgIpc) is 2.30. The fourth-order valence-corrected chi connectivity index (χ4v) is 2.54. The number of sulfonamides is 1. The molecule has 0 saturated carbocycles. The molecule has 1 rings (SSSR count). The molecular weight excluding hydrogens is 334 g/mol. The quantitative estimate of drug-likeness (QED) is 0.735. The second-order valence-electron chi connectivity index (χ2n) is 4.28. The van der Waals surface area contributed by atoms with Crippen molar-refractivity contribution in [1.82, 2.24) is 0 Å². The van der Waals surface area contributed by atoms with Crippen molar-refractivity contribution in [2.24, 2.45) is 16.8 Å². The smallest absolute Gasteiger partial charge is 0.238 e. The van der Waals surface area contributed by atoms with E-state index in [9.17, 15) is 13.2 Å². The van der Waals surface area contributed by atoms with Crippen molar-refractivity contribution in [3.8, 4) is 0 Å². The van der Waals surface area contributed by atoms with Crippen LogP contribution < -0.4 is 16.2 Å². The minimum atomic E-state index is -3.75. The Bertz CT molecular complexity index is 575. The minimum Gasteiger partial charge on any atom is -0.330 e. The number of hydrogen-bond acceptors (Lipinski definition) is 4. The molecule has 1 amide bonds. The first-order chi connectivity index (χ1) is 8.74. The van der Waals surface area contributed by atoms with Crippen LogP contribution in [0.1, 0.15) is 13.3 Å². The van der Waals surface area contributed by atoms with Crippen LogP contribution in [-0.2, 0) is 14.8 Å². The Morgan fingerprint density at radius 1 is 1.47 bits per heavy atom. The third-order valence-electron chi connectivity index (χ3n) is 2.48. The van der Waals surface area contributed by atoms with Gasteiger partial charge in [0.15, 0.2) is 0 Å². The highest BCUT2D eigenvalue weighted by atomic mass is 79.9. The van der Waals surface area contributed by atoms with Gasteiger partial charge >= 0.3 is 0 Å². The SMILES string of the molecule is CC(CN)CC(=O)Nc1ccc(S(N)(=O)=O)cc1Br. The Kier molecular flexibility index (Phi) is 5.48. The van der Waals surface area contributed by atoms with Crippen LogP contribution in [0.25, 0.3) is 0 Å². The Labute approximate surface area is 120 Å². The maximum atomic E-state index is 11.7. The lowest BCUT2D eigenvalue weighted by atomic mass is 10.1. The minimum absolute atomic E-state index is 0.0206. The topological polar surface area (TPSA) is 115 Å². The van der Waals surface area contributed by atoms with Gasteiger partial charge in [0.25, 0.3) is 0 Å². The van der Waals surface area contributed by atoms with Crippen molar-refractivity contribution in [1.29, 1.82) is 0 Å². The first-order valence-electron chi connectivity index (χ1n) is 5.56. The lowest BCUT2D eigenvalue weighted by molar-refractivity contribution is -0.116. The highest BCUT2D eigenvalue weighted by Gasteiger charge is 2.13. The lowest BCUT2D eigenvalue weighted by Gasteiger charge is -2.11. The highest BCUT2D eigenvalue weighted by Crippen LogP contribution is 2.25. The lowest BCUT2D eigenvalue weighted by Crippen LogP contribution is -2.20. The Morgan fingerprint density at radius 3 is 2.58 bits per heavy atom. The van der Waals surface area contributed by atoms with Gasteiger partial charge in [-0.3, -0.25) is 4.79 Å². The summed E-state index contributed by atoms with van der Waals surface area (Å²) in [6.45, 7) is 2.30. The van der Waals surface area contributed by atoms with Gasteiger partial charge in [-0.2, -0.15) is 0 Å². The third-order valence-corrected chi connectivity index (χ3v) is 4.05. The van der Waals surface area contributed by atoms with Gasteiger partial charge in [0, 0.05) is 10.9 Å². The van der Waals surface area contributed by atoms with E-state index in [2.05, 4.69) is 21.2 Å². The molecular formula is C11H16BrN3O3S. The molecule has 5 N–H and O–H groups in total. The second-order valence-corrected chi connectivity index (χ2v) is 6.70. The molecule has 8 heteroatoms. The van der Waals surface area contributed by atoms with E-state index >= 15 is 0 Å². The molecule has 1 unspecified atom stereocenters. The van der Waals surface area contributed by atoms with Gasteiger partial charge in [-0.25, -0.2) is 13.6 Å². The van der Waals surface area contributed by atoms with Gasteiger partial charge in [0.05, 0.1) is 10.6 Å². The van der Waals surface area contributed by atoms with E-state index in [1.54, 1.807) is 0 Å². The normalized spacial score (nSPS) is 13.1. The summed E-state index contributed by atoms with van der Waals surface area (Å²) in [6, 6.07) is 4.16. The fraction of sp³-hybridized carbons (Fsp3) is 0.364. The molecule has 0 spiro atoms. The number of carbonyl (C=O) groups is 1. The average molecular weight is 350 g/mol. The molecule has 0 radical (unpaired) electrons. The van der Waals surface area contributed by atoms with Crippen LogP contribution in [0.5, 0.6) is 0 Å². The molecule has 0 bridgehead atoms. The number of carbonyl (C=O) groups excluding carboxylic acids is 1. The maximum absolute atomic E-state index is 11.7. The molecule has 1 atom stereocenters. The van der Waals surface area contributed by atoms with Crippen molar-refractivity contribution < 1.29 is 13.2 Å². The Balaban J connectivity index is 2.84. The Morgan fingerprint density at radius 2 is 2.11 bits per heavy atom. The van der Waals surface area contributed by atoms with Gasteiger partial charge in [-0.15, -0.1) is 0 Å². The summed E-state index contributed by atoms with van der Waals surface area (Å²) in [4.78, 5) is 11.7. The number of nitrogens with two attached hydrogens (primary N) is 2. The zero-order valence-corrected chi connectivity index (χ0v) is 12.8. The zero-order valence-electron chi connectivity index (χ0n) is 10.4. The number of benzene rings is 1. The number of hydrogen-bond donors (Lipinski definition) is 3. The van der Waals surface area contributed by atoms with Crippen LogP contribution in [0, 0.1) is 5.92 Å². The van der Waals surface area contributed by atoms with E-state index < -0.39 is 10.0 Å². The zero-order chi connectivity index (χ0) is 14.6. The van der Waals surface area contributed by atoms with Gasteiger partial charge in [0.1, 0.15) is 0 Å². The van der Waals surface area contributed by atoms with Crippen LogP contribution in [-0.4, -0.2) is 20.9 Å². The predicted molar refractivity (Wildman–Crippen MR) is 77.0 cm³/mol. The van der Waals surface area contributed by atoms with Gasteiger partial charge in [-0.05, 0) is 46.6 Å². The first kappa shape index (κ1) is 16.1. The van der Waals surface area contributed by atoms with E-state index in [0.717, 1.165) is 0 Å². The Hall–Kier alpha value is -0.960. The summed E-state index contributed by atoms with van der Waals surface area (Å²) in [7, 11) is -3.75. The number of nitrogens with one attached hydrogen (secondary N) is 1. The summed E-state index contributed by atoms with van der Waals surface area (Å²) in [6.07, 6.45) is 0.305. The van der Waals surface area contributed by atoms with Crippen LogP contribution in [0.15, 0.2) is 27.6 Å². The molecule has 0 fully saturated rings. The van der Waals surface area contributed by atoms with Crippen LogP contribution in [0.4, 0.5) is 5.69 Å². The van der Waals surface area contributed by atoms with Gasteiger partial charge < -0.3 is 11.1 Å². The maximum Gasteiger partial charge on any atom is 0.238 e. The van der Waals surface area contributed by atoms with E-state index in [4.69, 9.17) is 10.9 Å². The standard InChI is InChI=1S/C11H16BrN3O3S/c1-7(6-13)4-11(16)15-10-3-2-8(5-9(10)12)19(14,17)18/h2-3,5,7H,4,6,13H2,1H3,(H,15,16)(H2,14,17,18). The van der Waals surface area contributed by atoms with Crippen molar-refractivity contribution in [3.63, 3.8) is 0 Å². The summed E-state index contributed by atoms with van der Waals surface area (Å²) >= 11 is 3.19. The number of anilines is 1. The summed E-state index contributed by atoms with van der Waals surface area (Å²) in [5.74, 6) is -0.0931. The molecule has 0 aliphatic heterocycles. The molecule has 0 saturated heterocycles. The fourth-order valence-electron chi connectivity index (χ4n) is 1.38. The van der Waals surface area contributed by atoms with Crippen LogP contribution in [0.3, 0.4) is 0 Å². The first-order valence-corrected chi connectivity index (χ1v) is 7.90. The molecule has 0 heterocycles. The van der Waals surface area contributed by atoms with Crippen molar-refractivity contribution >= 4 is 37.5 Å². The number of halogens is 1. The monoisotopic (exact) mass is 349 g/mol. The molecule has 0 aliphatic rings. The highest BCUT2D eigenvalue weighted by molar-refractivity contribution is 9.10. The van der Waals surface area contributed by atoms with Crippen molar-refractivity contribution in [2.75, 3.05) is 11.9 Å². The van der Waals surface area contributed by atoms with Crippen molar-refractivity contribution in [2.45, 2.75) is 18.2 Å². The van der Waals surface area contributed by atoms with E-state index in [1.165, 1.54) is 18.2 Å². The van der Waals surface area contributed by atoms with E-state index in [1.807, 2.05) is 6.92 Å². The van der Waals surface area contributed by atoms with Crippen molar-refractivity contribution in [3.05, 3.63) is 22.7 Å².